The number of hydrogen-bond donors (Lipinski definition) is 2. The summed E-state index contributed by atoms with van der Waals surface area (Å²) in [5.41, 5.74) is 5.66. The average molecular weight is 327 g/mol. The molecule has 112 valence electrons. The summed E-state index contributed by atoms with van der Waals surface area (Å²) in [4.78, 5) is 3.55. The molecule has 9 heteroatoms. The SMILES string of the molecule is CS(=O)(=O)c1cccc(NS(=O)(=O)c2cccnc2N)c1. The molecule has 0 saturated heterocycles. The summed E-state index contributed by atoms with van der Waals surface area (Å²) in [5.74, 6) is -0.135. The van der Waals surface area contributed by atoms with E-state index in [9.17, 15) is 16.8 Å². The molecule has 0 aliphatic heterocycles. The van der Waals surface area contributed by atoms with E-state index in [-0.39, 0.29) is 21.3 Å². The van der Waals surface area contributed by atoms with Crippen molar-refractivity contribution in [2.45, 2.75) is 9.79 Å². The van der Waals surface area contributed by atoms with Crippen LogP contribution in [0, 0.1) is 0 Å². The molecule has 3 N–H and O–H groups in total. The molecule has 0 fully saturated rings. The van der Waals surface area contributed by atoms with Crippen molar-refractivity contribution in [3.8, 4) is 0 Å². The molecule has 0 bridgehead atoms. The minimum absolute atomic E-state index is 0.0156. The molecule has 0 saturated carbocycles. The maximum Gasteiger partial charge on any atom is 0.265 e. The summed E-state index contributed by atoms with van der Waals surface area (Å²) in [6.45, 7) is 0. The lowest BCUT2D eigenvalue weighted by Crippen LogP contribution is -2.15. The molecule has 2 aromatic rings. The predicted octanol–water partition coefficient (Wildman–Crippen LogP) is 0.868. The van der Waals surface area contributed by atoms with Gasteiger partial charge in [0, 0.05) is 12.5 Å². The first-order valence-corrected chi connectivity index (χ1v) is 9.11. The van der Waals surface area contributed by atoms with Crippen LogP contribution in [-0.4, -0.2) is 28.1 Å². The highest BCUT2D eigenvalue weighted by Crippen LogP contribution is 2.21. The van der Waals surface area contributed by atoms with E-state index in [0.717, 1.165) is 6.26 Å². The summed E-state index contributed by atoms with van der Waals surface area (Å²) in [6, 6.07) is 8.26. The van der Waals surface area contributed by atoms with Crippen LogP contribution in [0.3, 0.4) is 0 Å². The molecule has 0 atom stereocenters. The number of aromatic nitrogens is 1. The average Bonchev–Trinajstić information content (AvgIpc) is 2.37. The molecular weight excluding hydrogens is 314 g/mol. The molecule has 1 aromatic carbocycles. The lowest BCUT2D eigenvalue weighted by atomic mass is 10.3. The zero-order valence-electron chi connectivity index (χ0n) is 11.0. The highest BCUT2D eigenvalue weighted by Gasteiger charge is 2.18. The van der Waals surface area contributed by atoms with Crippen LogP contribution in [-0.2, 0) is 19.9 Å². The Morgan fingerprint density at radius 3 is 2.43 bits per heavy atom. The summed E-state index contributed by atoms with van der Waals surface area (Å²) in [5, 5.41) is 0. The van der Waals surface area contributed by atoms with Crippen molar-refractivity contribution in [3.05, 3.63) is 42.6 Å². The second-order valence-electron chi connectivity index (χ2n) is 4.29. The normalized spacial score (nSPS) is 12.0. The number of nitrogens with one attached hydrogen (secondary N) is 1. The lowest BCUT2D eigenvalue weighted by molar-refractivity contribution is 0.599. The van der Waals surface area contributed by atoms with Crippen LogP contribution < -0.4 is 10.5 Å². The van der Waals surface area contributed by atoms with Crippen LogP contribution in [0.5, 0.6) is 0 Å². The van der Waals surface area contributed by atoms with Gasteiger partial charge in [0.25, 0.3) is 10.0 Å². The number of sulfone groups is 1. The van der Waals surface area contributed by atoms with E-state index in [0.29, 0.717) is 0 Å². The van der Waals surface area contributed by atoms with Crippen LogP contribution in [0.25, 0.3) is 0 Å². The van der Waals surface area contributed by atoms with E-state index < -0.39 is 19.9 Å². The summed E-state index contributed by atoms with van der Waals surface area (Å²) >= 11 is 0. The smallest absolute Gasteiger partial charge is 0.265 e. The minimum Gasteiger partial charge on any atom is -0.383 e. The fourth-order valence-electron chi connectivity index (χ4n) is 1.63. The zero-order valence-corrected chi connectivity index (χ0v) is 12.6. The lowest BCUT2D eigenvalue weighted by Gasteiger charge is -2.10. The first-order chi connectivity index (χ1) is 9.70. The quantitative estimate of drug-likeness (QED) is 0.860. The van der Waals surface area contributed by atoms with Gasteiger partial charge >= 0.3 is 0 Å². The van der Waals surface area contributed by atoms with E-state index >= 15 is 0 Å². The Labute approximate surface area is 122 Å². The molecule has 1 heterocycles. The van der Waals surface area contributed by atoms with Crippen molar-refractivity contribution in [2.75, 3.05) is 16.7 Å². The van der Waals surface area contributed by atoms with Gasteiger partial charge in [-0.3, -0.25) is 4.72 Å². The van der Waals surface area contributed by atoms with E-state index in [1.807, 2.05) is 0 Å². The highest BCUT2D eigenvalue weighted by molar-refractivity contribution is 7.93. The third kappa shape index (κ3) is 3.50. The third-order valence-corrected chi connectivity index (χ3v) is 5.14. The van der Waals surface area contributed by atoms with Crippen molar-refractivity contribution in [1.29, 1.82) is 0 Å². The summed E-state index contributed by atoms with van der Waals surface area (Å²) in [7, 11) is -7.36. The molecule has 0 unspecified atom stereocenters. The van der Waals surface area contributed by atoms with Crippen LogP contribution in [0.15, 0.2) is 52.4 Å². The van der Waals surface area contributed by atoms with Crippen molar-refractivity contribution < 1.29 is 16.8 Å². The van der Waals surface area contributed by atoms with Crippen LogP contribution in [0.4, 0.5) is 11.5 Å². The van der Waals surface area contributed by atoms with E-state index in [1.165, 1.54) is 42.6 Å². The molecule has 0 radical (unpaired) electrons. The maximum absolute atomic E-state index is 12.2. The first kappa shape index (κ1) is 15.3. The van der Waals surface area contributed by atoms with Gasteiger partial charge in [0.2, 0.25) is 0 Å². The van der Waals surface area contributed by atoms with Gasteiger partial charge in [-0.15, -0.1) is 0 Å². The number of nitrogen functional groups attached to an aromatic ring is 1. The number of benzene rings is 1. The Kier molecular flexibility index (Phi) is 3.88. The topological polar surface area (TPSA) is 119 Å². The molecule has 2 rings (SSSR count). The Hall–Kier alpha value is -2.13. The number of anilines is 2. The number of hydrogen-bond acceptors (Lipinski definition) is 6. The minimum atomic E-state index is -3.94. The highest BCUT2D eigenvalue weighted by atomic mass is 32.2. The fourth-order valence-corrected chi connectivity index (χ4v) is 3.43. The first-order valence-electron chi connectivity index (χ1n) is 5.73. The molecule has 7 nitrogen and oxygen atoms in total. The van der Waals surface area contributed by atoms with Crippen LogP contribution in [0.1, 0.15) is 0 Å². The van der Waals surface area contributed by atoms with Crippen molar-refractivity contribution in [1.82, 2.24) is 4.98 Å². The third-order valence-electron chi connectivity index (χ3n) is 2.60. The Bertz CT molecular complexity index is 877. The van der Waals surface area contributed by atoms with Gasteiger partial charge in [0.05, 0.1) is 10.6 Å². The molecule has 0 aliphatic rings. The van der Waals surface area contributed by atoms with Gasteiger partial charge in [-0.2, -0.15) is 0 Å². The Morgan fingerprint density at radius 2 is 1.81 bits per heavy atom. The molecule has 0 amide bonds. The number of rotatable bonds is 4. The summed E-state index contributed by atoms with van der Waals surface area (Å²) in [6.07, 6.45) is 2.42. The molecule has 1 aromatic heterocycles. The van der Waals surface area contributed by atoms with Crippen molar-refractivity contribution >= 4 is 31.4 Å². The predicted molar refractivity (Wildman–Crippen MR) is 79.0 cm³/mol. The van der Waals surface area contributed by atoms with Crippen LogP contribution in [0.2, 0.25) is 0 Å². The number of nitrogens with two attached hydrogens (primary N) is 1. The van der Waals surface area contributed by atoms with Crippen molar-refractivity contribution in [3.63, 3.8) is 0 Å². The largest absolute Gasteiger partial charge is 0.383 e. The molecule has 0 aliphatic carbocycles. The number of sulfonamides is 1. The van der Waals surface area contributed by atoms with Gasteiger partial charge in [0.15, 0.2) is 9.84 Å². The van der Waals surface area contributed by atoms with Crippen LogP contribution >= 0.6 is 0 Å². The van der Waals surface area contributed by atoms with Gasteiger partial charge in [-0.05, 0) is 30.3 Å². The van der Waals surface area contributed by atoms with Gasteiger partial charge in [0.1, 0.15) is 10.7 Å². The van der Waals surface area contributed by atoms with E-state index in [4.69, 9.17) is 5.73 Å². The second-order valence-corrected chi connectivity index (χ2v) is 7.96. The van der Waals surface area contributed by atoms with Gasteiger partial charge in [-0.25, -0.2) is 21.8 Å². The van der Waals surface area contributed by atoms with E-state index in [1.54, 1.807) is 0 Å². The van der Waals surface area contributed by atoms with Crippen molar-refractivity contribution in [2.24, 2.45) is 0 Å². The zero-order chi connectivity index (χ0) is 15.7. The Balaban J connectivity index is 2.41. The maximum atomic E-state index is 12.2. The standard InChI is InChI=1S/C12H13N3O4S2/c1-20(16,17)10-5-2-4-9(8-10)15-21(18,19)11-6-3-7-14-12(11)13/h2-8,15H,1H3,(H2,13,14). The monoisotopic (exact) mass is 327 g/mol. The Morgan fingerprint density at radius 1 is 1.10 bits per heavy atom. The second kappa shape index (κ2) is 5.34. The fraction of sp³-hybridized carbons (Fsp3) is 0.0833. The number of nitrogens with zero attached hydrogens (tertiary/aromatic N) is 1. The molecule has 21 heavy (non-hydrogen) atoms. The number of pyridine rings is 1. The van der Waals surface area contributed by atoms with Gasteiger partial charge < -0.3 is 5.73 Å². The van der Waals surface area contributed by atoms with E-state index in [2.05, 4.69) is 9.71 Å². The summed E-state index contributed by atoms with van der Waals surface area (Å²) < 4.78 is 49.6. The molecular formula is C12H13N3O4S2. The molecule has 0 spiro atoms. The van der Waals surface area contributed by atoms with Gasteiger partial charge in [-0.1, -0.05) is 6.07 Å².